The number of carbonyl (C=O) groups is 1. The van der Waals surface area contributed by atoms with Gasteiger partial charge in [-0.05, 0) is 36.4 Å². The third-order valence-corrected chi connectivity index (χ3v) is 4.72. The summed E-state index contributed by atoms with van der Waals surface area (Å²) in [5, 5.41) is 11.7. The van der Waals surface area contributed by atoms with Crippen molar-refractivity contribution < 1.29 is 14.3 Å². The molecular weight excluding hydrogens is 344 g/mol. The van der Waals surface area contributed by atoms with Crippen molar-refractivity contribution in [3.05, 3.63) is 48.0 Å². The van der Waals surface area contributed by atoms with Crippen LogP contribution in [-0.4, -0.2) is 50.3 Å². The van der Waals surface area contributed by atoms with Crippen molar-refractivity contribution in [3.63, 3.8) is 0 Å². The van der Waals surface area contributed by atoms with Crippen LogP contribution in [-0.2, 0) is 0 Å². The van der Waals surface area contributed by atoms with Gasteiger partial charge in [0.2, 0.25) is 0 Å². The van der Waals surface area contributed by atoms with E-state index >= 15 is 0 Å². The Kier molecular flexibility index (Phi) is 4.71. The maximum Gasteiger partial charge on any atom is 0.321 e. The van der Waals surface area contributed by atoms with Crippen molar-refractivity contribution in [1.82, 2.24) is 4.90 Å². The van der Waals surface area contributed by atoms with Gasteiger partial charge in [-0.3, -0.25) is 0 Å². The van der Waals surface area contributed by atoms with E-state index in [9.17, 15) is 4.79 Å². The normalized spacial score (nSPS) is 15.8. The first-order valence-corrected chi connectivity index (χ1v) is 8.93. The van der Waals surface area contributed by atoms with E-state index in [1.807, 2.05) is 18.2 Å². The van der Waals surface area contributed by atoms with Gasteiger partial charge in [-0.15, -0.1) is 0 Å². The summed E-state index contributed by atoms with van der Waals surface area (Å²) in [5.41, 5.74) is 2.33. The van der Waals surface area contributed by atoms with Crippen LogP contribution in [0.2, 0.25) is 0 Å². The summed E-state index contributed by atoms with van der Waals surface area (Å²) in [6, 6.07) is 14.8. The van der Waals surface area contributed by atoms with Gasteiger partial charge in [0.25, 0.3) is 0 Å². The molecule has 1 N–H and O–H groups in total. The van der Waals surface area contributed by atoms with Gasteiger partial charge >= 0.3 is 6.03 Å². The molecule has 0 spiro atoms. The van der Waals surface area contributed by atoms with Gasteiger partial charge in [0.05, 0.1) is 11.6 Å². The molecule has 2 aliphatic heterocycles. The fourth-order valence-electron chi connectivity index (χ4n) is 3.23. The summed E-state index contributed by atoms with van der Waals surface area (Å²) >= 11 is 0. The van der Waals surface area contributed by atoms with Crippen LogP contribution in [0, 0.1) is 11.3 Å². The molecule has 27 heavy (non-hydrogen) atoms. The second kappa shape index (κ2) is 7.46. The van der Waals surface area contributed by atoms with Crippen molar-refractivity contribution in [2.24, 2.45) is 0 Å². The number of hydrogen-bond donors (Lipinski definition) is 1. The standard InChI is InChI=1S/C20H20N4O3/c21-14-15-1-3-16(4-2-15)22-20(25)24-9-7-23(8-10-24)17-5-6-18-19(13-17)27-12-11-26-18/h1-6,13H,7-12H2,(H,22,25). The molecule has 0 saturated carbocycles. The minimum atomic E-state index is -0.124. The molecule has 0 radical (unpaired) electrons. The first-order chi connectivity index (χ1) is 13.2. The quantitative estimate of drug-likeness (QED) is 0.886. The van der Waals surface area contributed by atoms with Crippen LogP contribution in [0.25, 0.3) is 0 Å². The van der Waals surface area contributed by atoms with Gasteiger partial charge in [0.15, 0.2) is 11.5 Å². The maximum atomic E-state index is 12.5. The molecular formula is C20H20N4O3. The molecule has 2 aromatic carbocycles. The molecule has 2 heterocycles. The number of benzene rings is 2. The van der Waals surface area contributed by atoms with E-state index in [1.165, 1.54) is 0 Å². The van der Waals surface area contributed by atoms with Gasteiger partial charge in [-0.2, -0.15) is 5.26 Å². The molecule has 0 aliphatic carbocycles. The van der Waals surface area contributed by atoms with E-state index in [-0.39, 0.29) is 6.03 Å². The Morgan fingerprint density at radius 1 is 0.963 bits per heavy atom. The van der Waals surface area contributed by atoms with Gasteiger partial charge < -0.3 is 24.6 Å². The lowest BCUT2D eigenvalue weighted by atomic mass is 10.2. The smallest absolute Gasteiger partial charge is 0.321 e. The van der Waals surface area contributed by atoms with Gasteiger partial charge in [-0.1, -0.05) is 0 Å². The van der Waals surface area contributed by atoms with Crippen LogP contribution in [0.15, 0.2) is 42.5 Å². The number of nitrogens with one attached hydrogen (secondary N) is 1. The number of carbonyl (C=O) groups excluding carboxylic acids is 1. The third kappa shape index (κ3) is 3.75. The summed E-state index contributed by atoms with van der Waals surface area (Å²) in [6.07, 6.45) is 0. The zero-order valence-electron chi connectivity index (χ0n) is 14.9. The predicted molar refractivity (Wildman–Crippen MR) is 101 cm³/mol. The Labute approximate surface area is 157 Å². The molecule has 138 valence electrons. The number of ether oxygens (including phenoxy) is 2. The number of fused-ring (bicyclic) bond motifs is 1. The molecule has 0 aromatic heterocycles. The molecule has 0 bridgehead atoms. The van der Waals surface area contributed by atoms with Gasteiger partial charge in [0.1, 0.15) is 13.2 Å². The molecule has 1 saturated heterocycles. The number of rotatable bonds is 2. The Morgan fingerprint density at radius 2 is 1.67 bits per heavy atom. The number of nitriles is 1. The fourth-order valence-corrected chi connectivity index (χ4v) is 3.23. The minimum absolute atomic E-state index is 0.124. The van der Waals surface area contributed by atoms with E-state index in [0.717, 1.165) is 30.3 Å². The Balaban J connectivity index is 1.34. The molecule has 2 aliphatic rings. The van der Waals surface area contributed by atoms with Crippen LogP contribution in [0.4, 0.5) is 16.2 Å². The number of amides is 2. The van der Waals surface area contributed by atoms with Gasteiger partial charge in [0, 0.05) is 43.6 Å². The highest BCUT2D eigenvalue weighted by Crippen LogP contribution is 2.34. The van der Waals surface area contributed by atoms with E-state index in [0.29, 0.717) is 37.6 Å². The Hall–Kier alpha value is -3.40. The van der Waals surface area contributed by atoms with Crippen LogP contribution in [0.1, 0.15) is 5.56 Å². The van der Waals surface area contributed by atoms with E-state index in [1.54, 1.807) is 29.2 Å². The monoisotopic (exact) mass is 364 g/mol. The predicted octanol–water partition coefficient (Wildman–Crippen LogP) is 2.68. The zero-order valence-corrected chi connectivity index (χ0v) is 14.9. The lowest BCUT2D eigenvalue weighted by Crippen LogP contribution is -2.50. The minimum Gasteiger partial charge on any atom is -0.486 e. The molecule has 7 nitrogen and oxygen atoms in total. The van der Waals surface area contributed by atoms with Gasteiger partial charge in [-0.25, -0.2) is 4.79 Å². The number of piperazine rings is 1. The summed E-state index contributed by atoms with van der Waals surface area (Å²) in [5.74, 6) is 1.56. The van der Waals surface area contributed by atoms with Crippen molar-refractivity contribution in [2.75, 3.05) is 49.6 Å². The van der Waals surface area contributed by atoms with Crippen LogP contribution in [0.3, 0.4) is 0 Å². The van der Waals surface area contributed by atoms with Crippen LogP contribution >= 0.6 is 0 Å². The molecule has 2 aromatic rings. The van der Waals surface area contributed by atoms with Crippen molar-refractivity contribution in [3.8, 4) is 17.6 Å². The Morgan fingerprint density at radius 3 is 2.37 bits per heavy atom. The molecule has 4 rings (SSSR count). The van der Waals surface area contributed by atoms with Crippen molar-refractivity contribution in [2.45, 2.75) is 0 Å². The lowest BCUT2D eigenvalue weighted by molar-refractivity contribution is 0.171. The largest absolute Gasteiger partial charge is 0.486 e. The van der Waals surface area contributed by atoms with Crippen LogP contribution < -0.4 is 19.7 Å². The summed E-state index contributed by atoms with van der Waals surface area (Å²) in [6.45, 7) is 3.92. The van der Waals surface area contributed by atoms with Crippen LogP contribution in [0.5, 0.6) is 11.5 Å². The molecule has 2 amide bonds. The van der Waals surface area contributed by atoms with E-state index in [4.69, 9.17) is 14.7 Å². The van der Waals surface area contributed by atoms with Crippen molar-refractivity contribution >= 4 is 17.4 Å². The summed E-state index contributed by atoms with van der Waals surface area (Å²) in [7, 11) is 0. The Bertz CT molecular complexity index is 868. The lowest BCUT2D eigenvalue weighted by Gasteiger charge is -2.36. The molecule has 0 unspecified atom stereocenters. The number of nitrogens with zero attached hydrogens (tertiary/aromatic N) is 3. The molecule has 7 heteroatoms. The highest BCUT2D eigenvalue weighted by atomic mass is 16.6. The fraction of sp³-hybridized carbons (Fsp3) is 0.300. The average molecular weight is 364 g/mol. The summed E-state index contributed by atoms with van der Waals surface area (Å²) < 4.78 is 11.2. The first-order valence-electron chi connectivity index (χ1n) is 8.93. The average Bonchev–Trinajstić information content (AvgIpc) is 2.74. The topological polar surface area (TPSA) is 77.8 Å². The number of anilines is 2. The second-order valence-corrected chi connectivity index (χ2v) is 6.42. The number of urea groups is 1. The maximum absolute atomic E-state index is 12.5. The van der Waals surface area contributed by atoms with E-state index < -0.39 is 0 Å². The molecule has 1 fully saturated rings. The number of hydrogen-bond acceptors (Lipinski definition) is 5. The second-order valence-electron chi connectivity index (χ2n) is 6.42. The third-order valence-electron chi connectivity index (χ3n) is 4.72. The first kappa shape index (κ1) is 17.0. The highest BCUT2D eigenvalue weighted by molar-refractivity contribution is 5.89. The van der Waals surface area contributed by atoms with E-state index in [2.05, 4.69) is 16.3 Å². The SMILES string of the molecule is N#Cc1ccc(NC(=O)N2CCN(c3ccc4c(c3)OCCO4)CC2)cc1. The zero-order chi connectivity index (χ0) is 18.6. The summed E-state index contributed by atoms with van der Waals surface area (Å²) in [4.78, 5) is 16.5. The highest BCUT2D eigenvalue weighted by Gasteiger charge is 2.22. The van der Waals surface area contributed by atoms with Crippen molar-refractivity contribution in [1.29, 1.82) is 5.26 Å². The molecule has 0 atom stereocenters.